The van der Waals surface area contributed by atoms with E-state index in [2.05, 4.69) is 25.9 Å². The molecular formula is C13H8BrClN2OS. The van der Waals surface area contributed by atoms with Crippen molar-refractivity contribution in [1.82, 2.24) is 9.97 Å². The molecule has 0 aliphatic heterocycles. The second-order valence-corrected chi connectivity index (χ2v) is 6.10. The second-order valence-electron chi connectivity index (χ2n) is 3.84. The zero-order chi connectivity index (χ0) is 13.4. The van der Waals surface area contributed by atoms with Gasteiger partial charge in [0.05, 0.1) is 21.8 Å². The van der Waals surface area contributed by atoms with Crippen molar-refractivity contribution in [2.45, 2.75) is 0 Å². The number of aromatic nitrogens is 2. The molecule has 0 spiro atoms. The maximum absolute atomic E-state index is 6.07. The summed E-state index contributed by atoms with van der Waals surface area (Å²) in [4.78, 5) is 9.32. The molecule has 0 saturated carbocycles. The Labute approximate surface area is 127 Å². The van der Waals surface area contributed by atoms with Crippen molar-refractivity contribution in [3.05, 3.63) is 40.2 Å². The van der Waals surface area contributed by atoms with Crippen molar-refractivity contribution < 1.29 is 4.74 Å². The molecule has 0 atom stereocenters. The molecular weight excluding hydrogens is 348 g/mol. The molecule has 0 bridgehead atoms. The minimum Gasteiger partial charge on any atom is -0.496 e. The largest absolute Gasteiger partial charge is 0.496 e. The van der Waals surface area contributed by atoms with Crippen molar-refractivity contribution in [3.8, 4) is 16.2 Å². The number of halogens is 2. The van der Waals surface area contributed by atoms with E-state index >= 15 is 0 Å². The molecule has 1 aromatic carbocycles. The lowest BCUT2D eigenvalue weighted by atomic mass is 10.2. The molecule has 3 aromatic rings. The first kappa shape index (κ1) is 12.8. The van der Waals surface area contributed by atoms with Gasteiger partial charge >= 0.3 is 0 Å². The summed E-state index contributed by atoms with van der Waals surface area (Å²) < 4.78 is 7.05. The number of benzene rings is 1. The van der Waals surface area contributed by atoms with Gasteiger partial charge in [-0.25, -0.2) is 9.97 Å². The van der Waals surface area contributed by atoms with Crippen LogP contribution in [-0.2, 0) is 0 Å². The zero-order valence-corrected chi connectivity index (χ0v) is 13.0. The van der Waals surface area contributed by atoms with E-state index in [9.17, 15) is 0 Å². The number of thiophene rings is 1. The van der Waals surface area contributed by atoms with Crippen LogP contribution in [0.25, 0.3) is 20.7 Å². The molecule has 0 saturated heterocycles. The number of hydrogen-bond donors (Lipinski definition) is 0. The molecule has 0 amide bonds. The van der Waals surface area contributed by atoms with Gasteiger partial charge in [0, 0.05) is 4.88 Å². The molecule has 0 unspecified atom stereocenters. The molecule has 3 nitrogen and oxygen atoms in total. The normalized spacial score (nSPS) is 10.9. The van der Waals surface area contributed by atoms with Gasteiger partial charge in [0.15, 0.2) is 0 Å². The van der Waals surface area contributed by atoms with Crippen LogP contribution in [0.3, 0.4) is 0 Å². The zero-order valence-electron chi connectivity index (χ0n) is 9.85. The summed E-state index contributed by atoms with van der Waals surface area (Å²) >= 11 is 11.1. The Morgan fingerprint density at radius 1 is 1.26 bits per heavy atom. The van der Waals surface area contributed by atoms with Crippen molar-refractivity contribution in [3.63, 3.8) is 0 Å². The summed E-state index contributed by atoms with van der Waals surface area (Å²) in [5.41, 5.74) is 1.96. The summed E-state index contributed by atoms with van der Waals surface area (Å²) in [6.07, 6.45) is 1.48. The highest BCUT2D eigenvalue weighted by Crippen LogP contribution is 2.37. The van der Waals surface area contributed by atoms with E-state index in [0.29, 0.717) is 5.15 Å². The smallest absolute Gasteiger partial charge is 0.150 e. The van der Waals surface area contributed by atoms with E-state index in [-0.39, 0.29) is 0 Å². The van der Waals surface area contributed by atoms with Crippen LogP contribution < -0.4 is 4.74 Å². The van der Waals surface area contributed by atoms with Gasteiger partial charge in [0.1, 0.15) is 17.2 Å². The minimum absolute atomic E-state index is 0.494. The Balaban J connectivity index is 2.14. The van der Waals surface area contributed by atoms with E-state index in [1.165, 1.54) is 6.33 Å². The lowest BCUT2D eigenvalue weighted by Crippen LogP contribution is -1.84. The third-order valence-electron chi connectivity index (χ3n) is 2.70. The highest BCUT2D eigenvalue weighted by atomic mass is 79.9. The van der Waals surface area contributed by atoms with E-state index in [4.69, 9.17) is 16.3 Å². The van der Waals surface area contributed by atoms with E-state index in [1.807, 2.05) is 24.3 Å². The number of fused-ring (bicyclic) bond motifs is 1. The average molecular weight is 356 g/mol. The van der Waals surface area contributed by atoms with Gasteiger partial charge in [-0.15, -0.1) is 11.3 Å². The average Bonchev–Trinajstić information content (AvgIpc) is 2.84. The van der Waals surface area contributed by atoms with Crippen LogP contribution >= 0.6 is 38.9 Å². The van der Waals surface area contributed by atoms with Gasteiger partial charge in [-0.3, -0.25) is 0 Å². The summed E-state index contributed by atoms with van der Waals surface area (Å²) in [7, 11) is 1.65. The van der Waals surface area contributed by atoms with Gasteiger partial charge in [-0.2, -0.15) is 0 Å². The van der Waals surface area contributed by atoms with Crippen LogP contribution in [0.4, 0.5) is 0 Å². The first-order chi connectivity index (χ1) is 9.19. The van der Waals surface area contributed by atoms with Crippen molar-refractivity contribution >= 4 is 49.1 Å². The number of hydrogen-bond acceptors (Lipinski definition) is 4. The number of ether oxygens (including phenoxy) is 1. The predicted molar refractivity (Wildman–Crippen MR) is 82.1 cm³/mol. The topological polar surface area (TPSA) is 35.0 Å². The fraction of sp³-hybridized carbons (Fsp3) is 0.0769. The fourth-order valence-electron chi connectivity index (χ4n) is 1.79. The lowest BCUT2D eigenvalue weighted by Gasteiger charge is -2.04. The third-order valence-corrected chi connectivity index (χ3v) is 4.90. The number of rotatable bonds is 2. The van der Waals surface area contributed by atoms with Crippen LogP contribution in [0.2, 0.25) is 5.15 Å². The first-order valence-electron chi connectivity index (χ1n) is 5.43. The highest BCUT2D eigenvalue weighted by molar-refractivity contribution is 9.10. The van der Waals surface area contributed by atoms with Crippen molar-refractivity contribution in [2.75, 3.05) is 7.11 Å². The molecule has 0 radical (unpaired) electrons. The molecule has 0 fully saturated rings. The SMILES string of the molecule is COc1ccc(-c2cc3ncnc(Cl)c3s2)cc1Br. The summed E-state index contributed by atoms with van der Waals surface area (Å²) in [5, 5.41) is 0.494. The van der Waals surface area contributed by atoms with Crippen molar-refractivity contribution in [2.24, 2.45) is 0 Å². The van der Waals surface area contributed by atoms with Gasteiger partial charge < -0.3 is 4.74 Å². The standard InChI is InChI=1S/C13H8BrClN2OS/c1-18-10-3-2-7(4-8(10)14)11-5-9-12(19-11)13(15)17-6-16-9/h2-6H,1H3. The number of nitrogens with zero attached hydrogens (tertiary/aromatic N) is 2. The monoisotopic (exact) mass is 354 g/mol. The third kappa shape index (κ3) is 2.33. The van der Waals surface area contributed by atoms with E-state index in [1.54, 1.807) is 18.4 Å². The van der Waals surface area contributed by atoms with Gasteiger partial charge in [0.2, 0.25) is 0 Å². The van der Waals surface area contributed by atoms with Crippen LogP contribution in [0.1, 0.15) is 0 Å². The summed E-state index contributed by atoms with van der Waals surface area (Å²) in [6.45, 7) is 0. The quantitative estimate of drug-likeness (QED) is 0.620. The minimum atomic E-state index is 0.494. The van der Waals surface area contributed by atoms with Gasteiger partial charge in [-0.1, -0.05) is 11.6 Å². The van der Waals surface area contributed by atoms with Crippen molar-refractivity contribution in [1.29, 1.82) is 0 Å². The molecule has 0 aliphatic rings. The number of methoxy groups -OCH3 is 1. The highest BCUT2D eigenvalue weighted by Gasteiger charge is 2.10. The molecule has 2 heterocycles. The predicted octanol–water partition coefficient (Wildman–Crippen LogP) is 4.78. The molecule has 19 heavy (non-hydrogen) atoms. The first-order valence-corrected chi connectivity index (χ1v) is 7.42. The van der Waals surface area contributed by atoms with Crippen LogP contribution in [0, 0.1) is 0 Å². The Hall–Kier alpha value is -1.17. The maximum Gasteiger partial charge on any atom is 0.150 e. The maximum atomic E-state index is 6.07. The van der Waals surface area contributed by atoms with Crippen LogP contribution in [-0.4, -0.2) is 17.1 Å². The second kappa shape index (κ2) is 5.07. The van der Waals surface area contributed by atoms with E-state index in [0.717, 1.165) is 30.9 Å². The Morgan fingerprint density at radius 3 is 2.79 bits per heavy atom. The van der Waals surface area contributed by atoms with Gasteiger partial charge in [0.25, 0.3) is 0 Å². The Kier molecular flexibility index (Phi) is 3.43. The molecule has 96 valence electrons. The molecule has 6 heteroatoms. The van der Waals surface area contributed by atoms with E-state index < -0.39 is 0 Å². The molecule has 0 N–H and O–H groups in total. The molecule has 0 aliphatic carbocycles. The summed E-state index contributed by atoms with van der Waals surface area (Å²) in [6, 6.07) is 7.97. The summed E-state index contributed by atoms with van der Waals surface area (Å²) in [5.74, 6) is 0.808. The van der Waals surface area contributed by atoms with Crippen LogP contribution in [0.15, 0.2) is 35.1 Å². The Morgan fingerprint density at radius 2 is 2.11 bits per heavy atom. The molecule has 3 rings (SSSR count). The Bertz CT molecular complexity index is 759. The lowest BCUT2D eigenvalue weighted by molar-refractivity contribution is 0.412. The fourth-order valence-corrected chi connectivity index (χ4v) is 3.57. The van der Waals surface area contributed by atoms with Gasteiger partial charge in [-0.05, 0) is 45.8 Å². The van der Waals surface area contributed by atoms with Crippen LogP contribution in [0.5, 0.6) is 5.75 Å². The molecule has 2 aromatic heterocycles.